The highest BCUT2D eigenvalue weighted by Gasteiger charge is 2.37. The number of barbiturate groups is 1. The zero-order valence-electron chi connectivity index (χ0n) is 18.2. The number of carbonyl (C=O) groups excluding carboxylic acids is 3. The molecule has 32 heavy (non-hydrogen) atoms. The van der Waals surface area contributed by atoms with E-state index in [1.165, 1.54) is 6.08 Å². The zero-order valence-corrected chi connectivity index (χ0v) is 18.9. The quantitative estimate of drug-likeness (QED) is 0.452. The molecule has 1 saturated heterocycles. The maximum absolute atomic E-state index is 13.2. The van der Waals surface area contributed by atoms with Gasteiger partial charge in [-0.05, 0) is 92.9 Å². The summed E-state index contributed by atoms with van der Waals surface area (Å²) in [5.74, 6) is -1.37. The first-order valence-corrected chi connectivity index (χ1v) is 10.5. The Morgan fingerprint density at radius 2 is 1.50 bits per heavy atom. The second-order valence-electron chi connectivity index (χ2n) is 7.86. The summed E-state index contributed by atoms with van der Waals surface area (Å²) < 4.78 is 2.01. The summed E-state index contributed by atoms with van der Waals surface area (Å²) in [6, 6.07) is 13.8. The lowest BCUT2D eigenvalue weighted by Gasteiger charge is -2.26. The first-order chi connectivity index (χ1) is 15.2. The van der Waals surface area contributed by atoms with E-state index in [0.717, 1.165) is 33.1 Å². The van der Waals surface area contributed by atoms with Crippen LogP contribution in [-0.4, -0.2) is 22.4 Å². The number of halogens is 1. The molecule has 4 amide bonds. The van der Waals surface area contributed by atoms with E-state index in [-0.39, 0.29) is 5.57 Å². The molecule has 7 heteroatoms. The Kier molecular flexibility index (Phi) is 5.48. The minimum Gasteiger partial charge on any atom is -0.318 e. The van der Waals surface area contributed by atoms with Crippen LogP contribution >= 0.6 is 11.6 Å². The molecule has 0 unspecified atom stereocenters. The van der Waals surface area contributed by atoms with E-state index < -0.39 is 17.8 Å². The molecule has 4 rings (SSSR count). The van der Waals surface area contributed by atoms with Gasteiger partial charge in [0.1, 0.15) is 5.57 Å². The van der Waals surface area contributed by atoms with Gasteiger partial charge < -0.3 is 4.57 Å². The Morgan fingerprint density at radius 1 is 0.844 bits per heavy atom. The zero-order chi connectivity index (χ0) is 23.2. The van der Waals surface area contributed by atoms with Gasteiger partial charge in [0.25, 0.3) is 11.8 Å². The van der Waals surface area contributed by atoms with Crippen LogP contribution in [0.1, 0.15) is 28.1 Å². The molecule has 0 spiro atoms. The number of aryl methyl sites for hydroxylation is 3. The number of nitrogens with one attached hydrogen (secondary N) is 1. The number of imide groups is 2. The monoisotopic (exact) mass is 447 g/mol. The van der Waals surface area contributed by atoms with E-state index >= 15 is 0 Å². The Morgan fingerprint density at radius 3 is 2.16 bits per heavy atom. The van der Waals surface area contributed by atoms with E-state index in [1.54, 1.807) is 24.3 Å². The standard InChI is InChI=1S/C25H22ClN3O3/c1-14-5-8-21(11-15(14)2)29-24(31)22(23(30)27-25(29)32)13-18-12-16(3)28(17(18)4)20-9-6-19(26)7-10-20/h5-13H,1-4H3,(H,27,30,32). The third-order valence-electron chi connectivity index (χ3n) is 5.71. The first kappa shape index (κ1) is 21.6. The number of urea groups is 1. The van der Waals surface area contributed by atoms with Crippen molar-refractivity contribution in [1.82, 2.24) is 9.88 Å². The van der Waals surface area contributed by atoms with Crippen molar-refractivity contribution < 1.29 is 14.4 Å². The van der Waals surface area contributed by atoms with Gasteiger partial charge in [0.15, 0.2) is 0 Å². The second-order valence-corrected chi connectivity index (χ2v) is 8.30. The number of nitrogens with zero attached hydrogens (tertiary/aromatic N) is 2. The van der Waals surface area contributed by atoms with Crippen LogP contribution in [-0.2, 0) is 9.59 Å². The third kappa shape index (κ3) is 3.74. The number of rotatable bonds is 3. The van der Waals surface area contributed by atoms with E-state index in [4.69, 9.17) is 11.6 Å². The van der Waals surface area contributed by atoms with Crippen LogP contribution in [0.15, 0.2) is 54.1 Å². The maximum atomic E-state index is 13.2. The first-order valence-electron chi connectivity index (χ1n) is 10.1. The van der Waals surface area contributed by atoms with Crippen molar-refractivity contribution in [3.8, 4) is 5.69 Å². The lowest BCUT2D eigenvalue weighted by atomic mass is 10.1. The molecular formula is C25H22ClN3O3. The summed E-state index contributed by atoms with van der Waals surface area (Å²) in [4.78, 5) is 39.2. The largest absolute Gasteiger partial charge is 0.335 e. The van der Waals surface area contributed by atoms with Gasteiger partial charge in [-0.25, -0.2) is 9.69 Å². The average Bonchev–Trinajstić information content (AvgIpc) is 3.01. The van der Waals surface area contributed by atoms with Crippen molar-refractivity contribution in [2.75, 3.05) is 4.90 Å². The fourth-order valence-corrected chi connectivity index (χ4v) is 3.96. The number of aromatic nitrogens is 1. The fourth-order valence-electron chi connectivity index (χ4n) is 3.83. The highest BCUT2D eigenvalue weighted by Crippen LogP contribution is 2.27. The van der Waals surface area contributed by atoms with Crippen molar-refractivity contribution in [3.63, 3.8) is 0 Å². The molecule has 1 N–H and O–H groups in total. The van der Waals surface area contributed by atoms with Crippen molar-refractivity contribution >= 4 is 41.2 Å². The van der Waals surface area contributed by atoms with E-state index in [0.29, 0.717) is 16.3 Å². The Labute approximate surface area is 191 Å². The average molecular weight is 448 g/mol. The minimum atomic E-state index is -0.757. The topological polar surface area (TPSA) is 71.4 Å². The molecule has 0 atom stereocenters. The van der Waals surface area contributed by atoms with Gasteiger partial charge in [0.05, 0.1) is 5.69 Å². The van der Waals surface area contributed by atoms with Gasteiger partial charge in [0.2, 0.25) is 0 Å². The molecule has 2 aromatic carbocycles. The van der Waals surface area contributed by atoms with Gasteiger partial charge in [-0.3, -0.25) is 14.9 Å². The molecule has 6 nitrogen and oxygen atoms in total. The number of hydrogen-bond acceptors (Lipinski definition) is 3. The molecule has 0 bridgehead atoms. The van der Waals surface area contributed by atoms with E-state index in [2.05, 4.69) is 5.32 Å². The lowest BCUT2D eigenvalue weighted by molar-refractivity contribution is -0.122. The number of carbonyl (C=O) groups is 3. The fraction of sp³-hybridized carbons (Fsp3) is 0.160. The predicted octanol–water partition coefficient (Wildman–Crippen LogP) is 5.03. The molecule has 1 fully saturated rings. The van der Waals surface area contributed by atoms with Crippen LogP contribution in [0.5, 0.6) is 0 Å². The van der Waals surface area contributed by atoms with E-state index in [9.17, 15) is 14.4 Å². The number of benzene rings is 2. The van der Waals surface area contributed by atoms with Gasteiger partial charge >= 0.3 is 6.03 Å². The van der Waals surface area contributed by atoms with Gasteiger partial charge in [0, 0.05) is 22.1 Å². The molecule has 0 aliphatic carbocycles. The van der Waals surface area contributed by atoms with Crippen LogP contribution in [0.4, 0.5) is 10.5 Å². The predicted molar refractivity (Wildman–Crippen MR) is 125 cm³/mol. The number of hydrogen-bond donors (Lipinski definition) is 1. The molecule has 1 aliphatic heterocycles. The smallest absolute Gasteiger partial charge is 0.318 e. The molecule has 1 aliphatic rings. The molecule has 2 heterocycles. The van der Waals surface area contributed by atoms with Gasteiger partial charge in [-0.2, -0.15) is 0 Å². The summed E-state index contributed by atoms with van der Waals surface area (Å²) in [7, 11) is 0. The summed E-state index contributed by atoms with van der Waals surface area (Å²) in [5.41, 5.74) is 5.72. The summed E-state index contributed by atoms with van der Waals surface area (Å²) in [5, 5.41) is 2.92. The van der Waals surface area contributed by atoms with Gasteiger partial charge in [-0.15, -0.1) is 0 Å². The van der Waals surface area contributed by atoms with Crippen molar-refractivity contribution in [2.24, 2.45) is 0 Å². The molecule has 3 aromatic rings. The highest BCUT2D eigenvalue weighted by atomic mass is 35.5. The normalized spacial score (nSPS) is 15.5. The second kappa shape index (κ2) is 8.13. The maximum Gasteiger partial charge on any atom is 0.335 e. The van der Waals surface area contributed by atoms with Crippen molar-refractivity contribution in [1.29, 1.82) is 0 Å². The molecule has 0 saturated carbocycles. The summed E-state index contributed by atoms with van der Waals surface area (Å²) >= 11 is 6.01. The summed E-state index contributed by atoms with van der Waals surface area (Å²) in [6.07, 6.45) is 1.53. The SMILES string of the molecule is Cc1ccc(N2C(=O)NC(=O)C(=Cc3cc(C)n(-c4ccc(Cl)cc4)c3C)C2=O)cc1C. The minimum absolute atomic E-state index is 0.0980. The van der Waals surface area contributed by atoms with Crippen molar-refractivity contribution in [3.05, 3.63) is 87.2 Å². The number of amides is 4. The Balaban J connectivity index is 1.76. The van der Waals surface area contributed by atoms with Crippen molar-refractivity contribution in [2.45, 2.75) is 27.7 Å². The van der Waals surface area contributed by atoms with Crippen LogP contribution in [0.3, 0.4) is 0 Å². The molecule has 162 valence electrons. The lowest BCUT2D eigenvalue weighted by Crippen LogP contribution is -2.54. The van der Waals surface area contributed by atoms with Crippen LogP contribution < -0.4 is 10.2 Å². The van der Waals surface area contributed by atoms with E-state index in [1.807, 2.05) is 56.5 Å². The molecular weight excluding hydrogens is 426 g/mol. The Hall–Kier alpha value is -3.64. The Bertz CT molecular complexity index is 1300. The number of anilines is 1. The molecule has 0 radical (unpaired) electrons. The highest BCUT2D eigenvalue weighted by molar-refractivity contribution is 6.39. The third-order valence-corrected chi connectivity index (χ3v) is 5.96. The van der Waals surface area contributed by atoms with Crippen LogP contribution in [0.25, 0.3) is 11.8 Å². The van der Waals surface area contributed by atoms with Crippen LogP contribution in [0.2, 0.25) is 5.02 Å². The van der Waals surface area contributed by atoms with Crippen LogP contribution in [0, 0.1) is 27.7 Å². The molecule has 1 aromatic heterocycles. The summed E-state index contributed by atoms with van der Waals surface area (Å²) in [6.45, 7) is 7.70. The van der Waals surface area contributed by atoms with Gasteiger partial charge in [-0.1, -0.05) is 17.7 Å².